The van der Waals surface area contributed by atoms with Crippen molar-refractivity contribution in [3.05, 3.63) is 52.7 Å². The molecule has 0 aliphatic carbocycles. The largest absolute Gasteiger partial charge is 0.326 e. The Kier molecular flexibility index (Phi) is 4.27. The zero-order valence-corrected chi connectivity index (χ0v) is 12.4. The summed E-state index contributed by atoms with van der Waals surface area (Å²) in [5, 5.41) is 0.133. The Morgan fingerprint density at radius 3 is 2.65 bits per heavy atom. The third-order valence-corrected chi connectivity index (χ3v) is 4.49. The topological polar surface area (TPSA) is 85.1 Å². The molecule has 0 saturated carbocycles. The first kappa shape index (κ1) is 14.8. The lowest BCUT2D eigenvalue weighted by Gasteiger charge is -2.10. The number of rotatable bonds is 4. The number of anilines is 1. The van der Waals surface area contributed by atoms with E-state index in [1.165, 1.54) is 6.07 Å². The summed E-state index contributed by atoms with van der Waals surface area (Å²) < 4.78 is 26.9. The molecule has 0 bridgehead atoms. The summed E-state index contributed by atoms with van der Waals surface area (Å²) in [4.78, 5) is 4.09. The first-order chi connectivity index (χ1) is 9.42. The summed E-state index contributed by atoms with van der Waals surface area (Å²) in [6.45, 7) is 2.08. The Bertz CT molecular complexity index is 732. The van der Waals surface area contributed by atoms with Gasteiger partial charge in [-0.15, -0.1) is 0 Å². The fourth-order valence-corrected chi connectivity index (χ4v) is 3.25. The zero-order valence-electron chi connectivity index (χ0n) is 10.8. The van der Waals surface area contributed by atoms with Crippen LogP contribution in [0.5, 0.6) is 0 Å². The fourth-order valence-electron chi connectivity index (χ4n) is 1.68. The van der Waals surface area contributed by atoms with Crippen LogP contribution in [0.2, 0.25) is 5.02 Å². The van der Waals surface area contributed by atoms with Crippen LogP contribution >= 0.6 is 11.6 Å². The Balaban J connectivity index is 2.36. The van der Waals surface area contributed by atoms with Gasteiger partial charge < -0.3 is 5.73 Å². The average Bonchev–Trinajstić information content (AvgIpc) is 2.37. The van der Waals surface area contributed by atoms with E-state index in [0.717, 1.165) is 11.3 Å². The molecular formula is C13H14ClN3O2S. The Hall–Kier alpha value is -1.63. The predicted molar refractivity (Wildman–Crippen MR) is 79.1 cm³/mol. The lowest BCUT2D eigenvalue weighted by molar-refractivity contribution is 0.601. The van der Waals surface area contributed by atoms with Crippen LogP contribution in [-0.4, -0.2) is 13.4 Å². The van der Waals surface area contributed by atoms with Gasteiger partial charge in [-0.3, -0.25) is 4.72 Å². The van der Waals surface area contributed by atoms with E-state index in [4.69, 9.17) is 17.3 Å². The predicted octanol–water partition coefficient (Wildman–Crippen LogP) is 2.30. The molecule has 0 unspecified atom stereocenters. The molecule has 0 amide bonds. The van der Waals surface area contributed by atoms with Crippen LogP contribution in [0.15, 0.2) is 41.3 Å². The molecule has 2 aromatic rings. The maximum absolute atomic E-state index is 12.3. The van der Waals surface area contributed by atoms with Crippen LogP contribution in [0, 0.1) is 6.92 Å². The smallest absolute Gasteiger partial charge is 0.264 e. The fraction of sp³-hybridized carbons (Fsp3) is 0.154. The minimum absolute atomic E-state index is 0.000303. The standard InChI is InChI=1S/C13H14ClN3O2S/c1-9-3-2-4-13(16-9)17-20(18,19)12-6-5-10(8-15)7-11(12)14/h2-7H,8,15H2,1H3,(H,16,17). The molecule has 0 spiro atoms. The van der Waals surface area contributed by atoms with Gasteiger partial charge in [-0.25, -0.2) is 13.4 Å². The Morgan fingerprint density at radius 1 is 1.30 bits per heavy atom. The number of aromatic nitrogens is 1. The Labute approximate surface area is 122 Å². The highest BCUT2D eigenvalue weighted by molar-refractivity contribution is 7.92. The molecule has 0 atom stereocenters. The van der Waals surface area contributed by atoms with E-state index in [1.54, 1.807) is 37.3 Å². The van der Waals surface area contributed by atoms with Gasteiger partial charge in [-0.2, -0.15) is 0 Å². The number of halogens is 1. The molecule has 2 rings (SSSR count). The highest BCUT2D eigenvalue weighted by atomic mass is 35.5. The number of hydrogen-bond donors (Lipinski definition) is 2. The second-order valence-electron chi connectivity index (χ2n) is 4.24. The minimum atomic E-state index is -3.77. The number of aryl methyl sites for hydroxylation is 1. The highest BCUT2D eigenvalue weighted by Crippen LogP contribution is 2.24. The summed E-state index contributed by atoms with van der Waals surface area (Å²) in [7, 11) is -3.77. The second kappa shape index (κ2) is 5.78. The van der Waals surface area contributed by atoms with E-state index in [1.807, 2.05) is 0 Å². The van der Waals surface area contributed by atoms with Crippen LogP contribution in [0.1, 0.15) is 11.3 Å². The van der Waals surface area contributed by atoms with E-state index >= 15 is 0 Å². The van der Waals surface area contributed by atoms with Crippen LogP contribution in [-0.2, 0) is 16.6 Å². The van der Waals surface area contributed by atoms with E-state index < -0.39 is 10.0 Å². The molecule has 1 aromatic heterocycles. The Morgan fingerprint density at radius 2 is 2.05 bits per heavy atom. The maximum Gasteiger partial charge on any atom is 0.264 e. The molecule has 0 fully saturated rings. The highest BCUT2D eigenvalue weighted by Gasteiger charge is 2.18. The summed E-state index contributed by atoms with van der Waals surface area (Å²) in [5.41, 5.74) is 6.97. The molecule has 20 heavy (non-hydrogen) atoms. The van der Waals surface area contributed by atoms with Crippen LogP contribution in [0.3, 0.4) is 0 Å². The van der Waals surface area contributed by atoms with E-state index in [0.29, 0.717) is 6.54 Å². The van der Waals surface area contributed by atoms with Crippen molar-refractivity contribution < 1.29 is 8.42 Å². The number of hydrogen-bond acceptors (Lipinski definition) is 4. The van der Waals surface area contributed by atoms with Gasteiger partial charge in [-0.05, 0) is 36.8 Å². The first-order valence-corrected chi connectivity index (χ1v) is 7.73. The lowest BCUT2D eigenvalue weighted by Crippen LogP contribution is -2.15. The van der Waals surface area contributed by atoms with Gasteiger partial charge in [0.2, 0.25) is 0 Å². The molecule has 5 nitrogen and oxygen atoms in total. The summed E-state index contributed by atoms with van der Waals surface area (Å²) in [6.07, 6.45) is 0. The van der Waals surface area contributed by atoms with Gasteiger partial charge in [0, 0.05) is 12.2 Å². The van der Waals surface area contributed by atoms with Crippen molar-refractivity contribution in [1.29, 1.82) is 0 Å². The third-order valence-electron chi connectivity index (χ3n) is 2.65. The molecule has 106 valence electrons. The molecule has 0 aliphatic rings. The number of nitrogens with one attached hydrogen (secondary N) is 1. The third kappa shape index (κ3) is 3.27. The van der Waals surface area contributed by atoms with Gasteiger partial charge in [0.25, 0.3) is 10.0 Å². The van der Waals surface area contributed by atoms with Crippen molar-refractivity contribution in [3.8, 4) is 0 Å². The maximum atomic E-state index is 12.3. The van der Waals surface area contributed by atoms with Crippen molar-refractivity contribution in [2.45, 2.75) is 18.4 Å². The summed E-state index contributed by atoms with van der Waals surface area (Å²) in [5.74, 6) is 0.254. The average molecular weight is 312 g/mol. The molecular weight excluding hydrogens is 298 g/mol. The number of pyridine rings is 1. The van der Waals surface area contributed by atoms with Gasteiger partial charge in [-0.1, -0.05) is 23.7 Å². The van der Waals surface area contributed by atoms with Gasteiger partial charge >= 0.3 is 0 Å². The van der Waals surface area contributed by atoms with Crippen molar-refractivity contribution in [1.82, 2.24) is 4.98 Å². The van der Waals surface area contributed by atoms with Crippen LogP contribution in [0.4, 0.5) is 5.82 Å². The minimum Gasteiger partial charge on any atom is -0.326 e. The molecule has 1 aromatic carbocycles. The van der Waals surface area contributed by atoms with E-state index in [-0.39, 0.29) is 15.7 Å². The molecule has 0 aliphatic heterocycles. The normalized spacial score (nSPS) is 11.3. The van der Waals surface area contributed by atoms with Gasteiger partial charge in [0.05, 0.1) is 5.02 Å². The summed E-state index contributed by atoms with van der Waals surface area (Å²) in [6, 6.07) is 9.68. The quantitative estimate of drug-likeness (QED) is 0.907. The van der Waals surface area contributed by atoms with Crippen molar-refractivity contribution in [2.75, 3.05) is 4.72 Å². The first-order valence-electron chi connectivity index (χ1n) is 5.87. The van der Waals surface area contributed by atoms with Crippen LogP contribution < -0.4 is 10.5 Å². The molecule has 1 heterocycles. The summed E-state index contributed by atoms with van der Waals surface area (Å²) >= 11 is 6.00. The SMILES string of the molecule is Cc1cccc(NS(=O)(=O)c2ccc(CN)cc2Cl)n1. The van der Waals surface area contributed by atoms with Crippen LogP contribution in [0.25, 0.3) is 0 Å². The van der Waals surface area contributed by atoms with Gasteiger partial charge in [0.1, 0.15) is 10.7 Å². The number of nitrogens with zero attached hydrogens (tertiary/aromatic N) is 1. The van der Waals surface area contributed by atoms with Gasteiger partial charge in [0.15, 0.2) is 0 Å². The number of nitrogens with two attached hydrogens (primary N) is 1. The molecule has 0 saturated heterocycles. The zero-order chi connectivity index (χ0) is 14.8. The van der Waals surface area contributed by atoms with Crippen molar-refractivity contribution >= 4 is 27.4 Å². The second-order valence-corrected chi connectivity index (χ2v) is 6.30. The number of benzene rings is 1. The molecule has 0 radical (unpaired) electrons. The van der Waals surface area contributed by atoms with E-state index in [9.17, 15) is 8.42 Å². The molecule has 7 heteroatoms. The monoisotopic (exact) mass is 311 g/mol. The van der Waals surface area contributed by atoms with Crippen molar-refractivity contribution in [2.24, 2.45) is 5.73 Å². The lowest BCUT2D eigenvalue weighted by atomic mass is 10.2. The van der Waals surface area contributed by atoms with E-state index in [2.05, 4.69) is 9.71 Å². The van der Waals surface area contributed by atoms with Crippen molar-refractivity contribution in [3.63, 3.8) is 0 Å². The molecule has 3 N–H and O–H groups in total. The number of sulfonamides is 1.